The second-order valence-corrected chi connectivity index (χ2v) is 9.23. The smallest absolute Gasteiger partial charge is 0.0738 e. The lowest BCUT2D eigenvalue weighted by molar-refractivity contribution is 0.188. The van der Waals surface area contributed by atoms with E-state index in [0.29, 0.717) is 10.8 Å². The Morgan fingerprint density at radius 1 is 0.769 bits per heavy atom. The van der Waals surface area contributed by atoms with Crippen molar-refractivity contribution in [1.82, 2.24) is 4.98 Å². The van der Waals surface area contributed by atoms with Gasteiger partial charge in [0.05, 0.1) is 11.2 Å². The Bertz CT molecular complexity index is 1040. The first kappa shape index (κ1) is 16.1. The second-order valence-electron chi connectivity index (χ2n) is 9.23. The maximum Gasteiger partial charge on any atom is 0.0738 e. The predicted octanol–water partition coefficient (Wildman–Crippen LogP) is 6.62. The fourth-order valence-electron chi connectivity index (χ4n) is 5.30. The van der Waals surface area contributed by atoms with Gasteiger partial charge in [-0.3, -0.25) is 0 Å². The van der Waals surface area contributed by atoms with Gasteiger partial charge in [0.15, 0.2) is 0 Å². The van der Waals surface area contributed by atoms with Crippen molar-refractivity contribution in [2.24, 2.45) is 0 Å². The molecule has 2 aromatic carbocycles. The molecule has 1 nitrogen and oxygen atoms in total. The molecule has 2 bridgehead atoms. The van der Waals surface area contributed by atoms with Crippen LogP contribution in [0.2, 0.25) is 0 Å². The SMILES string of the molecule is Cc1ccc2nc(-c3ccc4c(c3)C3(C)CCC4(C)CC3)c(C)cc2c1. The fourth-order valence-corrected chi connectivity index (χ4v) is 5.30. The van der Waals surface area contributed by atoms with Gasteiger partial charge in [-0.15, -0.1) is 0 Å². The first-order valence-electron chi connectivity index (χ1n) is 9.91. The number of rotatable bonds is 1. The monoisotopic (exact) mass is 341 g/mol. The molecule has 0 amide bonds. The van der Waals surface area contributed by atoms with Crippen molar-refractivity contribution in [1.29, 1.82) is 0 Å². The summed E-state index contributed by atoms with van der Waals surface area (Å²) in [5.41, 5.74) is 9.97. The molecule has 1 fully saturated rings. The van der Waals surface area contributed by atoms with Gasteiger partial charge in [0.1, 0.15) is 0 Å². The Labute approximate surface area is 156 Å². The summed E-state index contributed by atoms with van der Waals surface area (Å²) in [5.74, 6) is 0. The van der Waals surface area contributed by atoms with E-state index >= 15 is 0 Å². The summed E-state index contributed by atoms with van der Waals surface area (Å²) in [6.45, 7) is 9.27. The van der Waals surface area contributed by atoms with Crippen LogP contribution < -0.4 is 0 Å². The first-order valence-corrected chi connectivity index (χ1v) is 9.91. The van der Waals surface area contributed by atoms with Crippen LogP contribution in [0.25, 0.3) is 22.2 Å². The molecule has 0 spiro atoms. The summed E-state index contributed by atoms with van der Waals surface area (Å²) in [5, 5.41) is 1.24. The highest BCUT2D eigenvalue weighted by Crippen LogP contribution is 2.56. The Hall–Kier alpha value is -2.15. The fraction of sp³-hybridized carbons (Fsp3) is 0.400. The topological polar surface area (TPSA) is 12.9 Å². The van der Waals surface area contributed by atoms with Crippen molar-refractivity contribution in [2.75, 3.05) is 0 Å². The van der Waals surface area contributed by atoms with Crippen molar-refractivity contribution < 1.29 is 0 Å². The maximum atomic E-state index is 5.04. The molecule has 132 valence electrons. The van der Waals surface area contributed by atoms with Crippen LogP contribution in [-0.4, -0.2) is 4.98 Å². The number of hydrogen-bond donors (Lipinski definition) is 0. The molecule has 0 atom stereocenters. The van der Waals surface area contributed by atoms with E-state index in [-0.39, 0.29) is 0 Å². The molecular weight excluding hydrogens is 314 g/mol. The molecule has 1 heterocycles. The molecule has 0 radical (unpaired) electrons. The van der Waals surface area contributed by atoms with Gasteiger partial charge < -0.3 is 0 Å². The largest absolute Gasteiger partial charge is 0.248 e. The lowest BCUT2D eigenvalue weighted by atomic mass is 9.52. The minimum Gasteiger partial charge on any atom is -0.248 e. The Kier molecular flexibility index (Phi) is 3.20. The average molecular weight is 341 g/mol. The first-order chi connectivity index (χ1) is 12.4. The second kappa shape index (κ2) is 5.19. The molecule has 3 aliphatic carbocycles. The molecule has 0 unspecified atom stereocenters. The molecular formula is C25H27N. The minimum absolute atomic E-state index is 0.352. The van der Waals surface area contributed by atoms with Crippen LogP contribution in [0, 0.1) is 13.8 Å². The van der Waals surface area contributed by atoms with Gasteiger partial charge in [0.25, 0.3) is 0 Å². The molecule has 1 heteroatoms. The number of aryl methyl sites for hydroxylation is 2. The highest BCUT2D eigenvalue weighted by Gasteiger charge is 2.47. The van der Waals surface area contributed by atoms with E-state index in [4.69, 9.17) is 4.98 Å². The van der Waals surface area contributed by atoms with Gasteiger partial charge in [-0.05, 0) is 91.3 Å². The van der Waals surface area contributed by atoms with E-state index in [0.717, 1.165) is 11.2 Å². The Morgan fingerprint density at radius 3 is 2.19 bits per heavy atom. The predicted molar refractivity (Wildman–Crippen MR) is 110 cm³/mol. The number of nitrogens with zero attached hydrogens (tertiary/aromatic N) is 1. The van der Waals surface area contributed by atoms with E-state index in [1.54, 1.807) is 11.1 Å². The third kappa shape index (κ3) is 2.19. The van der Waals surface area contributed by atoms with Crippen LogP contribution in [0.15, 0.2) is 42.5 Å². The molecule has 3 aromatic rings. The molecule has 6 rings (SSSR count). The third-order valence-corrected chi connectivity index (χ3v) is 7.21. The molecule has 1 aromatic heterocycles. The van der Waals surface area contributed by atoms with Crippen LogP contribution in [-0.2, 0) is 10.8 Å². The van der Waals surface area contributed by atoms with Gasteiger partial charge >= 0.3 is 0 Å². The van der Waals surface area contributed by atoms with Crippen molar-refractivity contribution >= 4 is 10.9 Å². The average Bonchev–Trinajstić information content (AvgIpc) is 2.63. The van der Waals surface area contributed by atoms with E-state index in [1.807, 2.05) is 0 Å². The lowest BCUT2D eigenvalue weighted by Crippen LogP contribution is -2.44. The van der Waals surface area contributed by atoms with Crippen LogP contribution >= 0.6 is 0 Å². The summed E-state index contributed by atoms with van der Waals surface area (Å²) in [7, 11) is 0. The number of hydrogen-bond acceptors (Lipinski definition) is 1. The van der Waals surface area contributed by atoms with E-state index < -0.39 is 0 Å². The minimum atomic E-state index is 0.352. The highest BCUT2D eigenvalue weighted by atomic mass is 14.7. The normalized spacial score (nSPS) is 26.9. The number of aromatic nitrogens is 1. The van der Waals surface area contributed by atoms with Crippen LogP contribution in [0.4, 0.5) is 0 Å². The van der Waals surface area contributed by atoms with E-state index in [1.165, 1.54) is 47.8 Å². The van der Waals surface area contributed by atoms with Gasteiger partial charge in [0, 0.05) is 10.9 Å². The lowest BCUT2D eigenvalue weighted by Gasteiger charge is -2.52. The summed E-state index contributed by atoms with van der Waals surface area (Å²) in [6.07, 6.45) is 5.32. The summed E-state index contributed by atoms with van der Waals surface area (Å²) >= 11 is 0. The highest BCUT2D eigenvalue weighted by molar-refractivity contribution is 5.84. The number of benzene rings is 2. The van der Waals surface area contributed by atoms with Gasteiger partial charge in [0.2, 0.25) is 0 Å². The van der Waals surface area contributed by atoms with Crippen LogP contribution in [0.1, 0.15) is 61.8 Å². The molecule has 0 aliphatic heterocycles. The zero-order valence-electron chi connectivity index (χ0n) is 16.3. The molecule has 26 heavy (non-hydrogen) atoms. The Morgan fingerprint density at radius 2 is 1.46 bits per heavy atom. The maximum absolute atomic E-state index is 5.04. The summed E-state index contributed by atoms with van der Waals surface area (Å²) < 4.78 is 0. The molecule has 1 saturated carbocycles. The van der Waals surface area contributed by atoms with E-state index in [2.05, 4.69) is 70.2 Å². The third-order valence-electron chi connectivity index (χ3n) is 7.21. The van der Waals surface area contributed by atoms with Gasteiger partial charge in [-0.25, -0.2) is 4.98 Å². The van der Waals surface area contributed by atoms with Crippen molar-refractivity contribution in [3.63, 3.8) is 0 Å². The quantitative estimate of drug-likeness (QED) is 0.484. The molecule has 0 saturated heterocycles. The summed E-state index contributed by atoms with van der Waals surface area (Å²) in [6, 6.07) is 16.0. The zero-order chi connectivity index (χ0) is 18.1. The van der Waals surface area contributed by atoms with Crippen molar-refractivity contribution in [2.45, 2.75) is 64.2 Å². The van der Waals surface area contributed by atoms with Crippen molar-refractivity contribution in [3.05, 3.63) is 64.7 Å². The van der Waals surface area contributed by atoms with Gasteiger partial charge in [-0.1, -0.05) is 37.6 Å². The molecule has 0 N–H and O–H groups in total. The van der Waals surface area contributed by atoms with Crippen molar-refractivity contribution in [3.8, 4) is 11.3 Å². The zero-order valence-corrected chi connectivity index (χ0v) is 16.3. The Balaban J connectivity index is 1.70. The van der Waals surface area contributed by atoms with Crippen LogP contribution in [0.5, 0.6) is 0 Å². The van der Waals surface area contributed by atoms with E-state index in [9.17, 15) is 0 Å². The standard InChI is InChI=1S/C25H27N/c1-16-5-8-22-19(13-16)14-17(2)23(26-22)18-6-7-20-21(15-18)25(4)11-9-24(20,3)10-12-25/h5-8,13-15H,9-12H2,1-4H3. The number of pyridine rings is 1. The number of fused-ring (bicyclic) bond motifs is 3. The van der Waals surface area contributed by atoms with Gasteiger partial charge in [-0.2, -0.15) is 0 Å². The van der Waals surface area contributed by atoms with Crippen LogP contribution in [0.3, 0.4) is 0 Å². The molecule has 3 aliphatic rings. The summed E-state index contributed by atoms with van der Waals surface area (Å²) in [4.78, 5) is 5.04.